The lowest BCUT2D eigenvalue weighted by atomic mass is 9.90. The monoisotopic (exact) mass is 279 g/mol. The number of fused-ring (bicyclic) bond motifs is 1. The number of rotatable bonds is 1. The maximum absolute atomic E-state index is 9.04. The first kappa shape index (κ1) is 20.9. The van der Waals surface area contributed by atoms with Crippen LogP contribution in [0.4, 0.5) is 0 Å². The van der Waals surface area contributed by atoms with Gasteiger partial charge in [-0.05, 0) is 22.6 Å². The second-order valence-corrected chi connectivity index (χ2v) is 4.31. The topological polar surface area (TPSA) is 64.5 Å². The van der Waals surface area contributed by atoms with Gasteiger partial charge in [0.2, 0.25) is 0 Å². The molecule has 0 saturated heterocycles. The van der Waals surface area contributed by atoms with Crippen LogP contribution in [0.15, 0.2) is 18.2 Å². The van der Waals surface area contributed by atoms with E-state index in [1.165, 1.54) is 5.56 Å². The van der Waals surface area contributed by atoms with Crippen molar-refractivity contribution < 1.29 is 10.2 Å². The first-order valence-corrected chi connectivity index (χ1v) is 7.32. The summed E-state index contributed by atoms with van der Waals surface area (Å²) in [6.45, 7) is 13.5. The molecule has 0 bridgehead atoms. The van der Waals surface area contributed by atoms with E-state index in [9.17, 15) is 0 Å². The van der Waals surface area contributed by atoms with Crippen molar-refractivity contribution in [3.8, 4) is 6.07 Å². The summed E-state index contributed by atoms with van der Waals surface area (Å²) >= 11 is 0. The molecule has 1 aliphatic heterocycles. The molecule has 0 fully saturated rings. The van der Waals surface area contributed by atoms with Crippen molar-refractivity contribution in [1.29, 1.82) is 5.26 Å². The number of hydrogen-bond acceptors (Lipinski definition) is 2. The van der Waals surface area contributed by atoms with Crippen molar-refractivity contribution in [3.05, 3.63) is 34.9 Å². The van der Waals surface area contributed by atoms with E-state index in [4.69, 9.17) is 10.00 Å². The Balaban J connectivity index is 0. The second kappa shape index (κ2) is 11.5. The van der Waals surface area contributed by atoms with Crippen LogP contribution in [0.2, 0.25) is 0 Å². The van der Waals surface area contributed by atoms with Gasteiger partial charge in [0.25, 0.3) is 0 Å². The summed E-state index contributed by atoms with van der Waals surface area (Å²) in [5.41, 5.74) is 3.63. The van der Waals surface area contributed by atoms with Gasteiger partial charge in [-0.2, -0.15) is 5.26 Å². The van der Waals surface area contributed by atoms with Crippen LogP contribution in [-0.4, -0.2) is 12.1 Å². The molecule has 1 aliphatic rings. The average molecular weight is 279 g/mol. The SMILES string of the molecule is CC.CC.CC(C)c1ccc2c(c1)C(C#N)COC2.O. The van der Waals surface area contributed by atoms with Gasteiger partial charge in [-0.3, -0.25) is 0 Å². The van der Waals surface area contributed by atoms with E-state index in [0.29, 0.717) is 19.1 Å². The summed E-state index contributed by atoms with van der Waals surface area (Å²) in [5.74, 6) is 0.421. The lowest BCUT2D eigenvalue weighted by molar-refractivity contribution is 0.102. The van der Waals surface area contributed by atoms with Gasteiger partial charge in [-0.15, -0.1) is 0 Å². The van der Waals surface area contributed by atoms with Gasteiger partial charge in [0.05, 0.1) is 25.2 Å². The summed E-state index contributed by atoms with van der Waals surface area (Å²) in [6.07, 6.45) is 0. The zero-order chi connectivity index (χ0) is 14.8. The Morgan fingerprint density at radius 1 is 1.20 bits per heavy atom. The standard InChI is InChI=1S/C13H15NO.2C2H6.H2O/c1-9(2)10-3-4-11-7-15-8-12(6-14)13(11)5-10;2*1-2;/h3-5,9,12H,7-8H2,1-2H3;2*1-2H3;1H2. The molecule has 1 heterocycles. The van der Waals surface area contributed by atoms with Gasteiger partial charge in [-0.25, -0.2) is 0 Å². The quantitative estimate of drug-likeness (QED) is 0.774. The van der Waals surface area contributed by atoms with Crippen LogP contribution in [0.5, 0.6) is 0 Å². The molecule has 114 valence electrons. The maximum atomic E-state index is 9.04. The molecule has 1 aromatic rings. The molecule has 1 aromatic carbocycles. The third-order valence-electron chi connectivity index (χ3n) is 2.91. The predicted molar refractivity (Wildman–Crippen MR) is 84.9 cm³/mol. The summed E-state index contributed by atoms with van der Waals surface area (Å²) in [4.78, 5) is 0. The molecule has 0 aliphatic carbocycles. The maximum Gasteiger partial charge on any atom is 0.0950 e. The van der Waals surface area contributed by atoms with E-state index in [0.717, 1.165) is 11.1 Å². The Hall–Kier alpha value is -1.37. The molecule has 3 heteroatoms. The van der Waals surface area contributed by atoms with Crippen molar-refractivity contribution in [2.75, 3.05) is 6.61 Å². The highest BCUT2D eigenvalue weighted by atomic mass is 16.5. The van der Waals surface area contributed by atoms with Gasteiger partial charge >= 0.3 is 0 Å². The molecule has 0 amide bonds. The smallest absolute Gasteiger partial charge is 0.0950 e. The van der Waals surface area contributed by atoms with Crippen LogP contribution in [0.25, 0.3) is 0 Å². The Morgan fingerprint density at radius 2 is 1.80 bits per heavy atom. The third kappa shape index (κ3) is 5.32. The molecular formula is C17H29NO2. The average Bonchev–Trinajstić information content (AvgIpc) is 2.50. The summed E-state index contributed by atoms with van der Waals surface area (Å²) < 4.78 is 5.38. The minimum absolute atomic E-state index is 0. The fourth-order valence-corrected chi connectivity index (χ4v) is 1.91. The minimum atomic E-state index is -0.0903. The van der Waals surface area contributed by atoms with Crippen molar-refractivity contribution in [1.82, 2.24) is 0 Å². The first-order chi connectivity index (χ1) is 9.22. The molecule has 1 unspecified atom stereocenters. The molecular weight excluding hydrogens is 250 g/mol. The lowest BCUT2D eigenvalue weighted by Crippen LogP contribution is -2.15. The van der Waals surface area contributed by atoms with Gasteiger partial charge in [0.1, 0.15) is 0 Å². The van der Waals surface area contributed by atoms with Crippen molar-refractivity contribution in [3.63, 3.8) is 0 Å². The van der Waals surface area contributed by atoms with Crippen molar-refractivity contribution in [2.45, 2.75) is 60.0 Å². The van der Waals surface area contributed by atoms with Gasteiger partial charge in [0, 0.05) is 0 Å². The van der Waals surface area contributed by atoms with Crippen LogP contribution in [-0.2, 0) is 11.3 Å². The van der Waals surface area contributed by atoms with E-state index >= 15 is 0 Å². The lowest BCUT2D eigenvalue weighted by Gasteiger charge is -2.22. The van der Waals surface area contributed by atoms with Crippen LogP contribution in [0.3, 0.4) is 0 Å². The summed E-state index contributed by atoms with van der Waals surface area (Å²) in [6, 6.07) is 8.69. The molecule has 0 spiro atoms. The zero-order valence-electron chi connectivity index (χ0n) is 13.7. The summed E-state index contributed by atoms with van der Waals surface area (Å²) in [5, 5.41) is 9.04. The van der Waals surface area contributed by atoms with E-state index in [1.807, 2.05) is 27.7 Å². The number of benzene rings is 1. The normalized spacial score (nSPS) is 15.4. The van der Waals surface area contributed by atoms with Gasteiger partial charge in [0.15, 0.2) is 0 Å². The Bertz CT molecular complexity index is 408. The molecule has 2 rings (SSSR count). The number of nitrogens with zero attached hydrogens (tertiary/aromatic N) is 1. The Kier molecular flexibility index (Phi) is 12.0. The van der Waals surface area contributed by atoms with E-state index in [1.54, 1.807) is 0 Å². The molecule has 1 atom stereocenters. The van der Waals surface area contributed by atoms with E-state index < -0.39 is 0 Å². The Labute approximate surface area is 123 Å². The van der Waals surface area contributed by atoms with Crippen LogP contribution < -0.4 is 0 Å². The van der Waals surface area contributed by atoms with Gasteiger partial charge < -0.3 is 10.2 Å². The molecule has 0 aromatic heterocycles. The predicted octanol–water partition coefficient (Wildman–Crippen LogP) is 4.18. The molecule has 0 radical (unpaired) electrons. The van der Waals surface area contributed by atoms with Crippen LogP contribution >= 0.6 is 0 Å². The fourth-order valence-electron chi connectivity index (χ4n) is 1.91. The van der Waals surface area contributed by atoms with Crippen molar-refractivity contribution in [2.24, 2.45) is 0 Å². The third-order valence-corrected chi connectivity index (χ3v) is 2.91. The van der Waals surface area contributed by atoms with Crippen LogP contribution in [0.1, 0.15) is 70.1 Å². The molecule has 2 N–H and O–H groups in total. The summed E-state index contributed by atoms with van der Waals surface area (Å²) in [7, 11) is 0. The second-order valence-electron chi connectivity index (χ2n) is 4.31. The van der Waals surface area contributed by atoms with Crippen LogP contribution in [0, 0.1) is 11.3 Å². The van der Waals surface area contributed by atoms with E-state index in [-0.39, 0.29) is 11.4 Å². The van der Waals surface area contributed by atoms with E-state index in [2.05, 4.69) is 38.1 Å². The largest absolute Gasteiger partial charge is 0.412 e. The highest BCUT2D eigenvalue weighted by Gasteiger charge is 2.20. The number of ether oxygens (including phenoxy) is 1. The van der Waals surface area contributed by atoms with Gasteiger partial charge in [-0.1, -0.05) is 59.7 Å². The molecule has 20 heavy (non-hydrogen) atoms. The number of nitriles is 1. The van der Waals surface area contributed by atoms with Crippen molar-refractivity contribution >= 4 is 0 Å². The minimum Gasteiger partial charge on any atom is -0.412 e. The first-order valence-electron chi connectivity index (χ1n) is 7.32. The number of hydrogen-bond donors (Lipinski definition) is 0. The zero-order valence-corrected chi connectivity index (χ0v) is 13.7. The Morgan fingerprint density at radius 3 is 2.30 bits per heavy atom. The fraction of sp³-hybridized carbons (Fsp3) is 0.588. The highest BCUT2D eigenvalue weighted by Crippen LogP contribution is 2.29. The molecule has 0 saturated carbocycles. The molecule has 3 nitrogen and oxygen atoms in total. The highest BCUT2D eigenvalue weighted by molar-refractivity contribution is 5.39.